The lowest BCUT2D eigenvalue weighted by Gasteiger charge is -2.38. The van der Waals surface area contributed by atoms with Crippen molar-refractivity contribution >= 4 is 17.2 Å². The van der Waals surface area contributed by atoms with Gasteiger partial charge in [0.1, 0.15) is 0 Å². The number of rotatable bonds is 3. The Morgan fingerprint density at radius 3 is 2.36 bits per heavy atom. The SMILES string of the molecule is CC1CC(C)CN(C(C)CC(N)=S)C1. The molecule has 0 bridgehead atoms. The molecule has 0 amide bonds. The highest BCUT2D eigenvalue weighted by Gasteiger charge is 2.25. The van der Waals surface area contributed by atoms with Crippen LogP contribution in [0, 0.1) is 11.8 Å². The zero-order valence-corrected chi connectivity index (χ0v) is 10.3. The molecule has 1 aliphatic heterocycles. The minimum absolute atomic E-state index is 0.512. The first kappa shape index (κ1) is 11.9. The number of nitrogens with two attached hydrogens (primary N) is 1. The van der Waals surface area contributed by atoms with Crippen molar-refractivity contribution in [1.82, 2.24) is 4.90 Å². The Hall–Kier alpha value is -0.150. The zero-order valence-electron chi connectivity index (χ0n) is 9.49. The molecule has 0 radical (unpaired) electrons. The van der Waals surface area contributed by atoms with Crippen molar-refractivity contribution in [3.63, 3.8) is 0 Å². The topological polar surface area (TPSA) is 29.3 Å². The van der Waals surface area contributed by atoms with Crippen molar-refractivity contribution in [2.45, 2.75) is 39.7 Å². The third-order valence-corrected chi connectivity index (χ3v) is 3.18. The number of thiocarbonyl (C=S) groups is 1. The highest BCUT2D eigenvalue weighted by molar-refractivity contribution is 7.80. The highest BCUT2D eigenvalue weighted by atomic mass is 32.1. The first-order chi connectivity index (χ1) is 6.49. The molecule has 3 heteroatoms. The maximum atomic E-state index is 5.57. The van der Waals surface area contributed by atoms with E-state index in [2.05, 4.69) is 25.7 Å². The van der Waals surface area contributed by atoms with Crippen molar-refractivity contribution in [1.29, 1.82) is 0 Å². The van der Waals surface area contributed by atoms with Crippen LogP contribution in [0.3, 0.4) is 0 Å². The van der Waals surface area contributed by atoms with Gasteiger partial charge in [-0.3, -0.25) is 4.90 Å². The highest BCUT2D eigenvalue weighted by Crippen LogP contribution is 2.23. The molecule has 2 nitrogen and oxygen atoms in total. The minimum atomic E-state index is 0.512. The smallest absolute Gasteiger partial charge is 0.0742 e. The molecule has 0 aromatic rings. The van der Waals surface area contributed by atoms with Gasteiger partial charge in [0.2, 0.25) is 0 Å². The van der Waals surface area contributed by atoms with Crippen LogP contribution in [0.2, 0.25) is 0 Å². The second kappa shape index (κ2) is 5.08. The Labute approximate surface area is 92.8 Å². The molecule has 0 saturated carbocycles. The predicted octanol–water partition coefficient (Wildman–Crippen LogP) is 2.03. The molecule has 1 heterocycles. The fourth-order valence-electron chi connectivity index (χ4n) is 2.49. The fourth-order valence-corrected chi connectivity index (χ4v) is 2.73. The van der Waals surface area contributed by atoms with E-state index in [1.54, 1.807) is 0 Å². The average Bonchev–Trinajstić information content (AvgIpc) is 2.00. The van der Waals surface area contributed by atoms with Crippen LogP contribution in [0.4, 0.5) is 0 Å². The molecule has 1 fully saturated rings. The van der Waals surface area contributed by atoms with Gasteiger partial charge in [-0.2, -0.15) is 0 Å². The first-order valence-electron chi connectivity index (χ1n) is 5.51. The summed E-state index contributed by atoms with van der Waals surface area (Å²) in [5, 5.41) is 0. The minimum Gasteiger partial charge on any atom is -0.393 e. The summed E-state index contributed by atoms with van der Waals surface area (Å²) in [5.74, 6) is 1.63. The molecule has 0 aliphatic carbocycles. The van der Waals surface area contributed by atoms with Crippen LogP contribution in [-0.4, -0.2) is 29.0 Å². The average molecular weight is 214 g/mol. The number of piperidine rings is 1. The maximum absolute atomic E-state index is 5.57. The molecule has 3 atom stereocenters. The normalized spacial score (nSPS) is 31.4. The van der Waals surface area contributed by atoms with Crippen molar-refractivity contribution in [2.24, 2.45) is 17.6 Å². The van der Waals surface area contributed by atoms with Gasteiger partial charge < -0.3 is 5.73 Å². The predicted molar refractivity (Wildman–Crippen MR) is 65.4 cm³/mol. The van der Waals surface area contributed by atoms with Crippen molar-refractivity contribution in [3.05, 3.63) is 0 Å². The van der Waals surface area contributed by atoms with E-state index in [1.165, 1.54) is 19.5 Å². The molecule has 3 unspecified atom stereocenters. The van der Waals surface area contributed by atoms with Crippen LogP contribution in [-0.2, 0) is 0 Å². The summed E-state index contributed by atoms with van der Waals surface area (Å²) in [6.07, 6.45) is 2.21. The Balaban J connectivity index is 2.46. The summed E-state index contributed by atoms with van der Waals surface area (Å²) in [4.78, 5) is 3.17. The molecule has 1 aliphatic rings. The molecular formula is C11H22N2S. The van der Waals surface area contributed by atoms with Crippen LogP contribution in [0.5, 0.6) is 0 Å². The number of hydrogen-bond acceptors (Lipinski definition) is 2. The largest absolute Gasteiger partial charge is 0.393 e. The Kier molecular flexibility index (Phi) is 4.32. The molecule has 1 saturated heterocycles. The van der Waals surface area contributed by atoms with Crippen molar-refractivity contribution in [3.8, 4) is 0 Å². The summed E-state index contributed by atoms with van der Waals surface area (Å²) in [7, 11) is 0. The summed E-state index contributed by atoms with van der Waals surface area (Å²) >= 11 is 4.95. The van der Waals surface area contributed by atoms with E-state index in [9.17, 15) is 0 Å². The van der Waals surface area contributed by atoms with Crippen LogP contribution in [0.1, 0.15) is 33.6 Å². The Morgan fingerprint density at radius 2 is 1.93 bits per heavy atom. The van der Waals surface area contributed by atoms with Crippen LogP contribution in [0.15, 0.2) is 0 Å². The van der Waals surface area contributed by atoms with Gasteiger partial charge in [-0.1, -0.05) is 26.1 Å². The van der Waals surface area contributed by atoms with Crippen LogP contribution < -0.4 is 5.73 Å². The lowest BCUT2D eigenvalue weighted by Crippen LogP contribution is -2.45. The fraction of sp³-hybridized carbons (Fsp3) is 0.909. The summed E-state index contributed by atoms with van der Waals surface area (Å²) < 4.78 is 0. The van der Waals surface area contributed by atoms with Gasteiger partial charge in [-0.15, -0.1) is 0 Å². The maximum Gasteiger partial charge on any atom is 0.0742 e. The Morgan fingerprint density at radius 1 is 1.43 bits per heavy atom. The zero-order chi connectivity index (χ0) is 10.7. The first-order valence-corrected chi connectivity index (χ1v) is 5.92. The molecule has 0 aromatic carbocycles. The molecule has 0 spiro atoms. The van der Waals surface area contributed by atoms with E-state index in [-0.39, 0.29) is 0 Å². The summed E-state index contributed by atoms with van der Waals surface area (Å²) in [5.41, 5.74) is 5.57. The third-order valence-electron chi connectivity index (χ3n) is 3.02. The number of likely N-dealkylation sites (tertiary alicyclic amines) is 1. The van der Waals surface area contributed by atoms with Crippen LogP contribution in [0.25, 0.3) is 0 Å². The monoisotopic (exact) mass is 214 g/mol. The van der Waals surface area contributed by atoms with Gasteiger partial charge in [-0.05, 0) is 25.2 Å². The van der Waals surface area contributed by atoms with E-state index in [0.29, 0.717) is 11.0 Å². The van der Waals surface area contributed by atoms with Gasteiger partial charge >= 0.3 is 0 Å². The molecule has 2 N–H and O–H groups in total. The molecule has 0 aromatic heterocycles. The summed E-state index contributed by atoms with van der Waals surface area (Å²) in [6, 6.07) is 0.512. The van der Waals surface area contributed by atoms with E-state index < -0.39 is 0 Å². The van der Waals surface area contributed by atoms with E-state index in [0.717, 1.165) is 18.3 Å². The lowest BCUT2D eigenvalue weighted by molar-refractivity contribution is 0.106. The standard InChI is InChI=1S/C11H22N2S/c1-8-4-9(2)7-13(6-8)10(3)5-11(12)14/h8-10H,4-7H2,1-3H3,(H2,12,14). The quantitative estimate of drug-likeness (QED) is 0.729. The number of nitrogens with zero attached hydrogens (tertiary/aromatic N) is 1. The van der Waals surface area contributed by atoms with Gasteiger partial charge in [0.15, 0.2) is 0 Å². The van der Waals surface area contributed by atoms with Crippen molar-refractivity contribution in [2.75, 3.05) is 13.1 Å². The van der Waals surface area contributed by atoms with Gasteiger partial charge in [-0.25, -0.2) is 0 Å². The second-order valence-electron chi connectivity index (χ2n) is 4.92. The van der Waals surface area contributed by atoms with Gasteiger partial charge in [0, 0.05) is 25.6 Å². The molecular weight excluding hydrogens is 192 g/mol. The van der Waals surface area contributed by atoms with Gasteiger partial charge in [0.25, 0.3) is 0 Å². The molecule has 82 valence electrons. The van der Waals surface area contributed by atoms with Crippen LogP contribution >= 0.6 is 12.2 Å². The van der Waals surface area contributed by atoms with Gasteiger partial charge in [0.05, 0.1) is 4.99 Å². The second-order valence-corrected chi connectivity index (χ2v) is 5.44. The Bertz CT molecular complexity index is 195. The lowest BCUT2D eigenvalue weighted by atomic mass is 9.90. The molecule has 14 heavy (non-hydrogen) atoms. The van der Waals surface area contributed by atoms with E-state index >= 15 is 0 Å². The summed E-state index contributed by atoms with van der Waals surface area (Å²) in [6.45, 7) is 9.29. The third kappa shape index (κ3) is 3.54. The van der Waals surface area contributed by atoms with E-state index in [1.807, 2.05) is 0 Å². The van der Waals surface area contributed by atoms with Crippen molar-refractivity contribution < 1.29 is 0 Å². The number of hydrogen-bond donors (Lipinski definition) is 1. The van der Waals surface area contributed by atoms with E-state index in [4.69, 9.17) is 18.0 Å². The molecule has 1 rings (SSSR count).